The van der Waals surface area contributed by atoms with E-state index in [1.807, 2.05) is 36.9 Å². The molecule has 30 heavy (non-hydrogen) atoms. The van der Waals surface area contributed by atoms with E-state index < -0.39 is 5.60 Å². The van der Waals surface area contributed by atoms with Gasteiger partial charge in [0.25, 0.3) is 5.91 Å². The van der Waals surface area contributed by atoms with Gasteiger partial charge in [0.15, 0.2) is 5.60 Å². The molecule has 2 N–H and O–H groups in total. The Morgan fingerprint density at radius 3 is 2.67 bits per heavy atom. The first-order chi connectivity index (χ1) is 14.5. The molecular weight excluding hydrogens is 380 g/mol. The van der Waals surface area contributed by atoms with E-state index in [1.165, 1.54) is 5.56 Å². The van der Waals surface area contributed by atoms with Crippen LogP contribution >= 0.6 is 0 Å². The van der Waals surface area contributed by atoms with Crippen LogP contribution in [-0.2, 0) is 21.0 Å². The maximum atomic E-state index is 12.9. The molecule has 2 heterocycles. The standard InChI is InChI=1S/C23H32N4O3/c1-16(2)25-21(28)19-13-23(30-26-19)15-27(22(29)18-9-6-10-18)12-11-20(23)24-14-17-7-4-3-5-8-17/h3-5,7-8,16,18,20,24H,6,9-15H2,1-2H3,(H,25,28)/t20-,23+/m0/s1. The zero-order chi connectivity index (χ0) is 21.1. The fourth-order valence-corrected chi connectivity index (χ4v) is 4.52. The van der Waals surface area contributed by atoms with Gasteiger partial charge in [-0.05, 0) is 38.7 Å². The fourth-order valence-electron chi connectivity index (χ4n) is 4.52. The summed E-state index contributed by atoms with van der Waals surface area (Å²) in [5.41, 5.74) is 0.904. The normalized spacial score (nSPS) is 26.3. The lowest BCUT2D eigenvalue weighted by Crippen LogP contribution is -2.63. The summed E-state index contributed by atoms with van der Waals surface area (Å²) in [4.78, 5) is 33.3. The van der Waals surface area contributed by atoms with Crippen molar-refractivity contribution in [1.29, 1.82) is 0 Å². The molecule has 0 radical (unpaired) electrons. The van der Waals surface area contributed by atoms with Crippen LogP contribution in [0.1, 0.15) is 51.5 Å². The Kier molecular flexibility index (Phi) is 6.09. The lowest BCUT2D eigenvalue weighted by Gasteiger charge is -2.45. The van der Waals surface area contributed by atoms with Crippen LogP contribution in [0.4, 0.5) is 0 Å². The van der Waals surface area contributed by atoms with Crippen LogP contribution in [-0.4, -0.2) is 53.2 Å². The lowest BCUT2D eigenvalue weighted by atomic mass is 9.80. The highest BCUT2D eigenvalue weighted by Crippen LogP contribution is 2.36. The van der Waals surface area contributed by atoms with Crippen LogP contribution in [0.5, 0.6) is 0 Å². The van der Waals surface area contributed by atoms with Crippen molar-refractivity contribution in [1.82, 2.24) is 15.5 Å². The topological polar surface area (TPSA) is 83.0 Å². The van der Waals surface area contributed by atoms with Crippen LogP contribution in [0.2, 0.25) is 0 Å². The van der Waals surface area contributed by atoms with Gasteiger partial charge in [-0.3, -0.25) is 9.59 Å². The van der Waals surface area contributed by atoms with Crippen LogP contribution in [0.15, 0.2) is 35.5 Å². The number of carbonyl (C=O) groups excluding carboxylic acids is 2. The van der Waals surface area contributed by atoms with Gasteiger partial charge in [0.05, 0.1) is 12.6 Å². The SMILES string of the molecule is CC(C)NC(=O)C1=NO[C@]2(C1)CN(C(=O)C1CCC1)CC[C@@H]2NCc1ccccc1. The Bertz CT molecular complexity index is 806. The Morgan fingerprint density at radius 1 is 1.23 bits per heavy atom. The molecule has 2 aliphatic heterocycles. The predicted molar refractivity (Wildman–Crippen MR) is 115 cm³/mol. The van der Waals surface area contributed by atoms with Gasteiger partial charge >= 0.3 is 0 Å². The molecule has 1 aromatic rings. The molecule has 0 unspecified atom stereocenters. The Balaban J connectivity index is 1.48. The Morgan fingerprint density at radius 2 is 2.00 bits per heavy atom. The minimum absolute atomic E-state index is 0.0104. The van der Waals surface area contributed by atoms with E-state index in [-0.39, 0.29) is 29.8 Å². The molecule has 3 aliphatic rings. The minimum Gasteiger partial charge on any atom is -0.385 e. The van der Waals surface area contributed by atoms with E-state index in [4.69, 9.17) is 4.84 Å². The maximum absolute atomic E-state index is 12.9. The van der Waals surface area contributed by atoms with Crippen LogP contribution < -0.4 is 10.6 Å². The summed E-state index contributed by atoms with van der Waals surface area (Å²) in [7, 11) is 0. The number of hydrogen-bond donors (Lipinski definition) is 2. The van der Waals surface area contributed by atoms with Gasteiger partial charge in [-0.2, -0.15) is 0 Å². The van der Waals surface area contributed by atoms with E-state index in [2.05, 4.69) is 27.9 Å². The van der Waals surface area contributed by atoms with Crippen LogP contribution in [0.25, 0.3) is 0 Å². The molecule has 1 spiro atoms. The lowest BCUT2D eigenvalue weighted by molar-refractivity contribution is -0.150. The molecule has 0 aromatic heterocycles. The van der Waals surface area contributed by atoms with Crippen molar-refractivity contribution in [2.24, 2.45) is 11.1 Å². The van der Waals surface area contributed by atoms with Crippen molar-refractivity contribution in [3.8, 4) is 0 Å². The van der Waals surface area contributed by atoms with Crippen molar-refractivity contribution in [3.63, 3.8) is 0 Å². The number of piperidine rings is 1. The number of carbonyl (C=O) groups is 2. The van der Waals surface area contributed by atoms with Crippen molar-refractivity contribution in [2.75, 3.05) is 13.1 Å². The molecule has 7 heteroatoms. The van der Waals surface area contributed by atoms with Gasteiger partial charge in [0.1, 0.15) is 5.71 Å². The monoisotopic (exact) mass is 412 g/mol. The van der Waals surface area contributed by atoms with E-state index >= 15 is 0 Å². The molecule has 1 saturated carbocycles. The molecule has 2 atom stereocenters. The van der Waals surface area contributed by atoms with E-state index in [9.17, 15) is 9.59 Å². The number of rotatable bonds is 6. The van der Waals surface area contributed by atoms with Crippen LogP contribution in [0.3, 0.4) is 0 Å². The molecule has 162 valence electrons. The van der Waals surface area contributed by atoms with E-state index in [0.29, 0.717) is 31.8 Å². The van der Waals surface area contributed by atoms with Crippen molar-refractivity contribution in [2.45, 2.75) is 70.2 Å². The smallest absolute Gasteiger partial charge is 0.269 e. The third-order valence-electron chi connectivity index (χ3n) is 6.43. The van der Waals surface area contributed by atoms with E-state index in [0.717, 1.165) is 25.7 Å². The summed E-state index contributed by atoms with van der Waals surface area (Å²) in [5, 5.41) is 10.7. The number of benzene rings is 1. The maximum Gasteiger partial charge on any atom is 0.269 e. The predicted octanol–water partition coefficient (Wildman–Crippen LogP) is 2.22. The van der Waals surface area contributed by atoms with Gasteiger partial charge in [-0.25, -0.2) is 0 Å². The number of oxime groups is 1. The highest BCUT2D eigenvalue weighted by molar-refractivity contribution is 6.39. The molecule has 1 aromatic carbocycles. The van der Waals surface area contributed by atoms with Gasteiger partial charge < -0.3 is 20.4 Å². The molecule has 7 nitrogen and oxygen atoms in total. The number of amides is 2. The second-order valence-corrected chi connectivity index (χ2v) is 9.09. The summed E-state index contributed by atoms with van der Waals surface area (Å²) < 4.78 is 0. The van der Waals surface area contributed by atoms with Crippen molar-refractivity contribution in [3.05, 3.63) is 35.9 Å². The molecule has 2 fully saturated rings. The zero-order valence-electron chi connectivity index (χ0n) is 17.9. The Hall–Kier alpha value is -2.41. The van der Waals surface area contributed by atoms with Gasteiger partial charge in [0, 0.05) is 31.5 Å². The summed E-state index contributed by atoms with van der Waals surface area (Å²) in [6, 6.07) is 10.3. The van der Waals surface area contributed by atoms with Crippen LogP contribution in [0, 0.1) is 5.92 Å². The average molecular weight is 413 g/mol. The molecule has 1 saturated heterocycles. The quantitative estimate of drug-likeness (QED) is 0.751. The summed E-state index contributed by atoms with van der Waals surface area (Å²) >= 11 is 0. The molecule has 2 amide bonds. The Labute approximate surface area is 178 Å². The molecular formula is C23H32N4O3. The van der Waals surface area contributed by atoms with Gasteiger partial charge in [-0.15, -0.1) is 0 Å². The highest BCUT2D eigenvalue weighted by Gasteiger charge is 2.52. The number of hydrogen-bond acceptors (Lipinski definition) is 5. The first-order valence-electron chi connectivity index (χ1n) is 11.1. The van der Waals surface area contributed by atoms with Gasteiger partial charge in [0.2, 0.25) is 5.91 Å². The number of nitrogens with one attached hydrogen (secondary N) is 2. The first kappa shape index (κ1) is 20.8. The van der Waals surface area contributed by atoms with E-state index in [1.54, 1.807) is 0 Å². The zero-order valence-corrected chi connectivity index (χ0v) is 17.9. The second kappa shape index (κ2) is 8.76. The third-order valence-corrected chi connectivity index (χ3v) is 6.43. The summed E-state index contributed by atoms with van der Waals surface area (Å²) in [6.45, 7) is 5.74. The van der Waals surface area contributed by atoms with Gasteiger partial charge in [-0.1, -0.05) is 41.9 Å². The second-order valence-electron chi connectivity index (χ2n) is 9.09. The fraction of sp³-hybridized carbons (Fsp3) is 0.609. The summed E-state index contributed by atoms with van der Waals surface area (Å²) in [5.74, 6) is 0.193. The summed E-state index contributed by atoms with van der Waals surface area (Å²) in [6.07, 6.45) is 4.29. The highest BCUT2D eigenvalue weighted by atomic mass is 16.7. The number of nitrogens with zero attached hydrogens (tertiary/aromatic N) is 2. The molecule has 4 rings (SSSR count). The number of likely N-dealkylation sites (tertiary alicyclic amines) is 1. The largest absolute Gasteiger partial charge is 0.385 e. The third kappa shape index (κ3) is 4.36. The minimum atomic E-state index is -0.698. The first-order valence-corrected chi connectivity index (χ1v) is 11.1. The van der Waals surface area contributed by atoms with Crippen molar-refractivity contribution >= 4 is 17.5 Å². The molecule has 1 aliphatic carbocycles. The average Bonchev–Trinajstić information content (AvgIpc) is 3.10. The molecule has 0 bridgehead atoms. The van der Waals surface area contributed by atoms with Crippen molar-refractivity contribution < 1.29 is 14.4 Å².